The number of alkyl halides is 2. The lowest BCUT2D eigenvalue weighted by molar-refractivity contribution is -0.189. The number of hydrogen-bond acceptors (Lipinski definition) is 5. The summed E-state index contributed by atoms with van der Waals surface area (Å²) in [7, 11) is 2.61. The largest absolute Gasteiger partial charge is 0.497 e. The number of halogens is 2. The highest BCUT2D eigenvalue weighted by atomic mass is 19.3. The van der Waals surface area contributed by atoms with E-state index in [0.717, 1.165) is 0 Å². The van der Waals surface area contributed by atoms with E-state index in [-0.39, 0.29) is 23.7 Å². The average molecular weight is 290 g/mol. The number of methoxy groups -OCH3 is 2. The number of hydrogen-bond donors (Lipinski definition) is 1. The van der Waals surface area contributed by atoms with Crippen molar-refractivity contribution in [2.24, 2.45) is 0 Å². The normalized spacial score (nSPS) is 12.7. The molecule has 112 valence electrons. The maximum Gasteiger partial charge on any atom is 0.380 e. The summed E-state index contributed by atoms with van der Waals surface area (Å²) in [6.45, 7) is 1.18. The second kappa shape index (κ2) is 6.51. The maximum absolute atomic E-state index is 13.8. The third-order valence-electron chi connectivity index (χ3n) is 2.62. The number of carbonyl (C=O) groups excluding carboxylic acids is 1. The van der Waals surface area contributed by atoms with E-state index in [2.05, 4.69) is 4.74 Å². The van der Waals surface area contributed by atoms with Crippen LogP contribution in [0.4, 0.5) is 8.78 Å². The Labute approximate surface area is 115 Å². The predicted molar refractivity (Wildman–Crippen MR) is 66.1 cm³/mol. The SMILES string of the molecule is CCOC(=O)C(F)(F)C(O)c1cc(OC)ccc1OC. The molecule has 1 unspecified atom stereocenters. The highest BCUT2D eigenvalue weighted by molar-refractivity contribution is 5.78. The van der Waals surface area contributed by atoms with E-state index < -0.39 is 18.0 Å². The molecular formula is C13H16F2O5. The predicted octanol–water partition coefficient (Wildman–Crippen LogP) is 1.94. The monoisotopic (exact) mass is 290 g/mol. The van der Waals surface area contributed by atoms with Crippen LogP contribution in [-0.4, -0.2) is 37.8 Å². The van der Waals surface area contributed by atoms with Crippen LogP contribution in [0, 0.1) is 0 Å². The van der Waals surface area contributed by atoms with E-state index >= 15 is 0 Å². The van der Waals surface area contributed by atoms with Crippen molar-refractivity contribution in [2.45, 2.75) is 19.0 Å². The first-order valence-electron chi connectivity index (χ1n) is 5.83. The van der Waals surface area contributed by atoms with E-state index in [1.807, 2.05) is 0 Å². The fourth-order valence-electron chi connectivity index (χ4n) is 1.59. The van der Waals surface area contributed by atoms with Crippen LogP contribution in [0.15, 0.2) is 18.2 Å². The molecule has 1 aromatic carbocycles. The molecule has 0 fully saturated rings. The van der Waals surface area contributed by atoms with Gasteiger partial charge in [0.1, 0.15) is 11.5 Å². The molecule has 0 saturated carbocycles. The van der Waals surface area contributed by atoms with E-state index in [1.54, 1.807) is 0 Å². The zero-order valence-corrected chi connectivity index (χ0v) is 11.4. The smallest absolute Gasteiger partial charge is 0.380 e. The lowest BCUT2D eigenvalue weighted by Crippen LogP contribution is -2.37. The second-order valence-electron chi connectivity index (χ2n) is 3.85. The van der Waals surface area contributed by atoms with Gasteiger partial charge in [0, 0.05) is 5.56 Å². The van der Waals surface area contributed by atoms with Crippen molar-refractivity contribution in [1.82, 2.24) is 0 Å². The number of benzene rings is 1. The van der Waals surface area contributed by atoms with E-state index in [9.17, 15) is 18.7 Å². The molecule has 1 atom stereocenters. The number of esters is 1. The zero-order valence-electron chi connectivity index (χ0n) is 11.4. The van der Waals surface area contributed by atoms with Gasteiger partial charge in [0.2, 0.25) is 0 Å². The molecule has 0 aliphatic carbocycles. The van der Waals surface area contributed by atoms with E-state index in [1.165, 1.54) is 39.3 Å². The third kappa shape index (κ3) is 3.16. The minimum absolute atomic E-state index is 0.0160. The van der Waals surface area contributed by atoms with Gasteiger partial charge >= 0.3 is 11.9 Å². The molecule has 0 saturated heterocycles. The molecule has 0 aromatic heterocycles. The molecule has 20 heavy (non-hydrogen) atoms. The van der Waals surface area contributed by atoms with Gasteiger partial charge in [-0.05, 0) is 25.1 Å². The summed E-state index contributed by atoms with van der Waals surface area (Å²) in [4.78, 5) is 11.2. The van der Waals surface area contributed by atoms with E-state index in [4.69, 9.17) is 9.47 Å². The first-order chi connectivity index (χ1) is 9.38. The van der Waals surface area contributed by atoms with Gasteiger partial charge in [-0.3, -0.25) is 0 Å². The molecule has 0 heterocycles. The van der Waals surface area contributed by atoms with Crippen LogP contribution in [0.25, 0.3) is 0 Å². The van der Waals surface area contributed by atoms with Crippen LogP contribution in [0.2, 0.25) is 0 Å². The average Bonchev–Trinajstić information content (AvgIpc) is 2.45. The standard InChI is InChI=1S/C13H16F2O5/c1-4-20-12(17)13(14,15)11(16)9-7-8(18-2)5-6-10(9)19-3/h5-7,11,16H,4H2,1-3H3. The van der Waals surface area contributed by atoms with Crippen molar-refractivity contribution in [2.75, 3.05) is 20.8 Å². The fraction of sp³-hybridized carbons (Fsp3) is 0.462. The summed E-state index contributed by atoms with van der Waals surface area (Å²) < 4.78 is 41.7. The summed E-state index contributed by atoms with van der Waals surface area (Å²) in [5.41, 5.74) is -0.259. The van der Waals surface area contributed by atoms with Gasteiger partial charge in [0.05, 0.1) is 20.8 Å². The summed E-state index contributed by atoms with van der Waals surface area (Å²) in [5, 5.41) is 9.79. The van der Waals surface area contributed by atoms with Crippen molar-refractivity contribution in [3.8, 4) is 11.5 Å². The van der Waals surface area contributed by atoms with Crippen LogP contribution in [-0.2, 0) is 9.53 Å². The van der Waals surface area contributed by atoms with Gasteiger partial charge in [-0.25, -0.2) is 4.79 Å². The lowest BCUT2D eigenvalue weighted by Gasteiger charge is -2.22. The molecule has 1 N–H and O–H groups in total. The lowest BCUT2D eigenvalue weighted by atomic mass is 10.0. The molecule has 0 aliphatic heterocycles. The minimum atomic E-state index is -4.09. The Morgan fingerprint density at radius 3 is 2.50 bits per heavy atom. The van der Waals surface area contributed by atoms with Gasteiger partial charge in [-0.15, -0.1) is 0 Å². The topological polar surface area (TPSA) is 65.0 Å². The van der Waals surface area contributed by atoms with Gasteiger partial charge in [0.15, 0.2) is 6.10 Å². The number of aliphatic hydroxyl groups is 1. The molecule has 1 aromatic rings. The molecule has 0 spiro atoms. The second-order valence-corrected chi connectivity index (χ2v) is 3.85. The zero-order chi connectivity index (χ0) is 15.3. The molecule has 0 amide bonds. The first kappa shape index (κ1) is 16.2. The van der Waals surface area contributed by atoms with Crippen LogP contribution in [0.3, 0.4) is 0 Å². The molecule has 0 bridgehead atoms. The Kier molecular flexibility index (Phi) is 5.26. The van der Waals surface area contributed by atoms with Crippen molar-refractivity contribution in [3.05, 3.63) is 23.8 Å². The number of ether oxygens (including phenoxy) is 3. The van der Waals surface area contributed by atoms with Gasteiger partial charge in [-0.2, -0.15) is 8.78 Å². The molecular weight excluding hydrogens is 274 g/mol. The number of rotatable bonds is 6. The van der Waals surface area contributed by atoms with Crippen LogP contribution >= 0.6 is 0 Å². The molecule has 7 heteroatoms. The minimum Gasteiger partial charge on any atom is -0.497 e. The number of carbonyl (C=O) groups is 1. The quantitative estimate of drug-likeness (QED) is 0.811. The van der Waals surface area contributed by atoms with Crippen molar-refractivity contribution in [1.29, 1.82) is 0 Å². The van der Waals surface area contributed by atoms with Crippen LogP contribution < -0.4 is 9.47 Å². The molecule has 5 nitrogen and oxygen atoms in total. The first-order valence-corrected chi connectivity index (χ1v) is 5.83. The van der Waals surface area contributed by atoms with Crippen molar-refractivity contribution >= 4 is 5.97 Å². The summed E-state index contributed by atoms with van der Waals surface area (Å²) in [5.74, 6) is -5.62. The molecule has 1 rings (SSSR count). The molecule has 0 aliphatic rings. The summed E-state index contributed by atoms with van der Waals surface area (Å²) in [6, 6.07) is 4.02. The van der Waals surface area contributed by atoms with Crippen LogP contribution in [0.1, 0.15) is 18.6 Å². The van der Waals surface area contributed by atoms with Crippen molar-refractivity contribution < 1.29 is 32.9 Å². The Morgan fingerprint density at radius 2 is 2.00 bits per heavy atom. The van der Waals surface area contributed by atoms with Crippen molar-refractivity contribution in [3.63, 3.8) is 0 Å². The number of aliphatic hydroxyl groups excluding tert-OH is 1. The highest BCUT2D eigenvalue weighted by Crippen LogP contribution is 2.38. The molecule has 0 radical (unpaired) electrons. The van der Waals surface area contributed by atoms with Gasteiger partial charge in [0.25, 0.3) is 0 Å². The maximum atomic E-state index is 13.8. The van der Waals surface area contributed by atoms with Crippen LogP contribution in [0.5, 0.6) is 11.5 Å². The third-order valence-corrected chi connectivity index (χ3v) is 2.62. The summed E-state index contributed by atoms with van der Waals surface area (Å²) in [6.07, 6.45) is -2.40. The summed E-state index contributed by atoms with van der Waals surface area (Å²) >= 11 is 0. The Hall–Kier alpha value is -1.89. The Balaban J connectivity index is 3.18. The Bertz CT molecular complexity index is 476. The Morgan fingerprint density at radius 1 is 1.35 bits per heavy atom. The van der Waals surface area contributed by atoms with E-state index in [0.29, 0.717) is 0 Å². The fourth-order valence-corrected chi connectivity index (χ4v) is 1.59. The van der Waals surface area contributed by atoms with Gasteiger partial charge < -0.3 is 19.3 Å². The highest BCUT2D eigenvalue weighted by Gasteiger charge is 2.50. The van der Waals surface area contributed by atoms with Gasteiger partial charge in [-0.1, -0.05) is 0 Å².